The summed E-state index contributed by atoms with van der Waals surface area (Å²) in [5.41, 5.74) is 5.35. The Morgan fingerprint density at radius 1 is 1.23 bits per heavy atom. The highest BCUT2D eigenvalue weighted by molar-refractivity contribution is 5.86. The fourth-order valence-corrected chi connectivity index (χ4v) is 3.74. The van der Waals surface area contributed by atoms with Crippen molar-refractivity contribution in [2.45, 2.75) is 39.5 Å². The van der Waals surface area contributed by atoms with Gasteiger partial charge in [-0.3, -0.25) is 4.98 Å². The molecule has 0 N–H and O–H groups in total. The second-order valence-electron chi connectivity index (χ2n) is 7.27. The Bertz CT molecular complexity index is 1020. The highest BCUT2D eigenvalue weighted by Crippen LogP contribution is 2.32. The van der Waals surface area contributed by atoms with E-state index in [-0.39, 0.29) is 5.63 Å². The molecule has 3 aromatic rings. The SMILES string of the molecule is CCN1CCCc2cc3cc(-c4ccnc(C(C)C)c4)c(=O)oc3cc21. The van der Waals surface area contributed by atoms with E-state index >= 15 is 0 Å². The molecule has 4 nitrogen and oxygen atoms in total. The normalized spacial score (nSPS) is 14.1. The van der Waals surface area contributed by atoms with Gasteiger partial charge in [0.05, 0.1) is 5.56 Å². The lowest BCUT2D eigenvalue weighted by atomic mass is 9.98. The summed E-state index contributed by atoms with van der Waals surface area (Å²) in [6.45, 7) is 8.39. The number of benzene rings is 1. The highest BCUT2D eigenvalue weighted by Gasteiger charge is 2.18. The van der Waals surface area contributed by atoms with E-state index < -0.39 is 0 Å². The van der Waals surface area contributed by atoms with Crippen LogP contribution in [-0.4, -0.2) is 18.1 Å². The summed E-state index contributed by atoms with van der Waals surface area (Å²) in [6, 6.07) is 10.0. The van der Waals surface area contributed by atoms with Crippen molar-refractivity contribution in [3.05, 3.63) is 58.2 Å². The van der Waals surface area contributed by atoms with Crippen LogP contribution in [0.3, 0.4) is 0 Å². The molecule has 1 aliphatic heterocycles. The van der Waals surface area contributed by atoms with Crippen molar-refractivity contribution < 1.29 is 4.42 Å². The smallest absolute Gasteiger partial charge is 0.344 e. The zero-order chi connectivity index (χ0) is 18.3. The number of fused-ring (bicyclic) bond motifs is 2. The Hall–Kier alpha value is -2.62. The summed E-state index contributed by atoms with van der Waals surface area (Å²) >= 11 is 0. The minimum atomic E-state index is -0.294. The first-order valence-electron chi connectivity index (χ1n) is 9.39. The van der Waals surface area contributed by atoms with Crippen molar-refractivity contribution in [2.24, 2.45) is 0 Å². The average Bonchev–Trinajstić information content (AvgIpc) is 2.65. The number of nitrogens with zero attached hydrogens (tertiary/aromatic N) is 2. The molecule has 0 aliphatic carbocycles. The Labute approximate surface area is 153 Å². The molecular formula is C22H24N2O2. The van der Waals surface area contributed by atoms with Gasteiger partial charge in [0.15, 0.2) is 0 Å². The van der Waals surface area contributed by atoms with Crippen LogP contribution in [0.2, 0.25) is 0 Å². The summed E-state index contributed by atoms with van der Waals surface area (Å²) in [7, 11) is 0. The number of hydrogen-bond donors (Lipinski definition) is 0. The van der Waals surface area contributed by atoms with Gasteiger partial charge in [-0.05, 0) is 61.1 Å². The maximum absolute atomic E-state index is 12.6. The fourth-order valence-electron chi connectivity index (χ4n) is 3.74. The average molecular weight is 348 g/mol. The zero-order valence-electron chi connectivity index (χ0n) is 15.6. The van der Waals surface area contributed by atoms with Crippen LogP contribution in [0.4, 0.5) is 5.69 Å². The number of anilines is 1. The number of aryl methyl sites for hydroxylation is 1. The molecule has 0 saturated heterocycles. The van der Waals surface area contributed by atoms with Gasteiger partial charge in [0.1, 0.15) is 5.58 Å². The van der Waals surface area contributed by atoms with Crippen molar-refractivity contribution in [1.29, 1.82) is 0 Å². The maximum atomic E-state index is 12.6. The van der Waals surface area contributed by atoms with Crippen molar-refractivity contribution in [1.82, 2.24) is 4.98 Å². The van der Waals surface area contributed by atoms with Crippen molar-refractivity contribution in [3.8, 4) is 11.1 Å². The third-order valence-corrected chi connectivity index (χ3v) is 5.21. The van der Waals surface area contributed by atoms with Crippen LogP contribution in [0.5, 0.6) is 0 Å². The summed E-state index contributed by atoms with van der Waals surface area (Å²) in [5.74, 6) is 0.314. The molecule has 2 aromatic heterocycles. The lowest BCUT2D eigenvalue weighted by molar-refractivity contribution is 0.562. The first-order valence-corrected chi connectivity index (χ1v) is 9.39. The van der Waals surface area contributed by atoms with Gasteiger partial charge in [0.25, 0.3) is 0 Å². The highest BCUT2D eigenvalue weighted by atomic mass is 16.4. The Morgan fingerprint density at radius 3 is 2.85 bits per heavy atom. The molecule has 0 fully saturated rings. The minimum absolute atomic E-state index is 0.294. The fraction of sp³-hybridized carbons (Fsp3) is 0.364. The van der Waals surface area contributed by atoms with E-state index in [0.29, 0.717) is 17.1 Å². The molecule has 0 radical (unpaired) electrons. The van der Waals surface area contributed by atoms with Gasteiger partial charge in [-0.25, -0.2) is 4.79 Å². The molecule has 0 unspecified atom stereocenters. The molecule has 4 rings (SSSR count). The van der Waals surface area contributed by atoms with E-state index in [2.05, 4.69) is 36.7 Å². The molecule has 0 atom stereocenters. The van der Waals surface area contributed by atoms with Gasteiger partial charge in [-0.15, -0.1) is 0 Å². The van der Waals surface area contributed by atoms with Crippen molar-refractivity contribution in [3.63, 3.8) is 0 Å². The van der Waals surface area contributed by atoms with Crippen LogP contribution < -0.4 is 10.5 Å². The third-order valence-electron chi connectivity index (χ3n) is 5.21. The second kappa shape index (κ2) is 6.60. The van der Waals surface area contributed by atoms with Crippen LogP contribution in [0.25, 0.3) is 22.1 Å². The summed E-state index contributed by atoms with van der Waals surface area (Å²) < 4.78 is 5.70. The maximum Gasteiger partial charge on any atom is 0.344 e. The molecule has 0 spiro atoms. The molecule has 0 saturated carbocycles. The second-order valence-corrected chi connectivity index (χ2v) is 7.27. The molecule has 26 heavy (non-hydrogen) atoms. The van der Waals surface area contributed by atoms with E-state index in [1.165, 1.54) is 11.3 Å². The molecule has 4 heteroatoms. The number of pyridine rings is 1. The zero-order valence-corrected chi connectivity index (χ0v) is 15.6. The van der Waals surface area contributed by atoms with E-state index in [9.17, 15) is 4.79 Å². The standard InChI is InChI=1S/C22H24N2O2/c1-4-24-9-5-6-16-10-17-11-18(22(25)26-21(17)13-20(16)24)15-7-8-23-19(12-15)14(2)3/h7-8,10-14H,4-6,9H2,1-3H3. The van der Waals surface area contributed by atoms with Gasteiger partial charge in [-0.2, -0.15) is 0 Å². The van der Waals surface area contributed by atoms with Crippen LogP contribution in [-0.2, 0) is 6.42 Å². The number of aromatic nitrogens is 1. The molecule has 3 heterocycles. The van der Waals surface area contributed by atoms with Crippen LogP contribution in [0.1, 0.15) is 44.4 Å². The van der Waals surface area contributed by atoms with Gasteiger partial charge >= 0.3 is 5.63 Å². The molecule has 1 aromatic carbocycles. The lowest BCUT2D eigenvalue weighted by Crippen LogP contribution is -2.28. The van der Waals surface area contributed by atoms with E-state index in [1.54, 1.807) is 6.20 Å². The lowest BCUT2D eigenvalue weighted by Gasteiger charge is -2.30. The summed E-state index contributed by atoms with van der Waals surface area (Å²) in [4.78, 5) is 19.4. The topological polar surface area (TPSA) is 46.3 Å². The van der Waals surface area contributed by atoms with Gasteiger partial charge < -0.3 is 9.32 Å². The molecule has 0 amide bonds. The Kier molecular flexibility index (Phi) is 4.27. The first-order chi connectivity index (χ1) is 12.6. The van der Waals surface area contributed by atoms with Crippen molar-refractivity contribution >= 4 is 16.7 Å². The van der Waals surface area contributed by atoms with E-state index in [0.717, 1.165) is 42.6 Å². The van der Waals surface area contributed by atoms with Gasteiger partial charge in [0, 0.05) is 42.1 Å². The molecule has 0 bridgehead atoms. The summed E-state index contributed by atoms with van der Waals surface area (Å²) in [5, 5.41) is 0.985. The van der Waals surface area contributed by atoms with Crippen LogP contribution in [0, 0.1) is 0 Å². The largest absolute Gasteiger partial charge is 0.422 e. The molecule has 134 valence electrons. The van der Waals surface area contributed by atoms with Gasteiger partial charge in [0.2, 0.25) is 0 Å². The number of hydrogen-bond acceptors (Lipinski definition) is 4. The van der Waals surface area contributed by atoms with Gasteiger partial charge in [-0.1, -0.05) is 13.8 Å². The van der Waals surface area contributed by atoms with Crippen LogP contribution >= 0.6 is 0 Å². The quantitative estimate of drug-likeness (QED) is 0.641. The first kappa shape index (κ1) is 16.8. The van der Waals surface area contributed by atoms with E-state index in [4.69, 9.17) is 4.42 Å². The predicted octanol–water partition coefficient (Wildman–Crippen LogP) is 4.75. The van der Waals surface area contributed by atoms with E-state index in [1.807, 2.05) is 24.3 Å². The molecule has 1 aliphatic rings. The third kappa shape index (κ3) is 2.90. The predicted molar refractivity (Wildman–Crippen MR) is 106 cm³/mol. The Morgan fingerprint density at radius 2 is 2.08 bits per heavy atom. The monoisotopic (exact) mass is 348 g/mol. The minimum Gasteiger partial charge on any atom is -0.422 e. The summed E-state index contributed by atoms with van der Waals surface area (Å²) in [6.07, 6.45) is 4.00. The number of rotatable bonds is 3. The van der Waals surface area contributed by atoms with Crippen LogP contribution in [0.15, 0.2) is 45.7 Å². The molecular weight excluding hydrogens is 324 g/mol. The van der Waals surface area contributed by atoms with Crippen molar-refractivity contribution in [2.75, 3.05) is 18.0 Å². The Balaban J connectivity index is 1.87.